The molecule has 2 N–H and O–H groups in total. The van der Waals surface area contributed by atoms with Crippen molar-refractivity contribution in [2.75, 3.05) is 29.7 Å². The third-order valence-electron chi connectivity index (χ3n) is 6.16. The van der Waals surface area contributed by atoms with E-state index in [1.54, 1.807) is 16.0 Å². The molecular weight excluding hydrogens is 575 g/mol. The van der Waals surface area contributed by atoms with Crippen molar-refractivity contribution in [3.8, 4) is 5.75 Å². The number of carbonyl (C=O) groups is 2. The van der Waals surface area contributed by atoms with Crippen LogP contribution >= 0.6 is 35.5 Å². The van der Waals surface area contributed by atoms with Gasteiger partial charge in [0, 0.05) is 23.7 Å². The summed E-state index contributed by atoms with van der Waals surface area (Å²) in [6, 6.07) is 18.6. The van der Waals surface area contributed by atoms with Gasteiger partial charge in [0.25, 0.3) is 0 Å². The lowest BCUT2D eigenvalue weighted by atomic mass is 10.0. The van der Waals surface area contributed by atoms with Crippen LogP contribution in [0, 0.1) is 0 Å². The molecule has 212 valence electrons. The molecule has 1 aliphatic heterocycles. The van der Waals surface area contributed by atoms with Gasteiger partial charge in [0.1, 0.15) is 11.8 Å². The second kappa shape index (κ2) is 14.5. The Hall–Kier alpha value is -3.15. The van der Waals surface area contributed by atoms with Crippen molar-refractivity contribution >= 4 is 58.8 Å². The molecular formula is C28H30Cl2N4O5S. The molecule has 0 bridgehead atoms. The number of ether oxygens (including phenoxy) is 1. The largest absolute Gasteiger partial charge is 0.494 e. The molecule has 3 amide bonds. The zero-order valence-electron chi connectivity index (χ0n) is 22.1. The zero-order valence-corrected chi connectivity index (χ0v) is 24.4. The molecule has 0 saturated heterocycles. The van der Waals surface area contributed by atoms with Gasteiger partial charge in [-0.2, -0.15) is 8.57 Å². The molecule has 1 aliphatic rings. The number of carbonyl (C=O) groups excluding carboxylic acids is 2. The van der Waals surface area contributed by atoms with Gasteiger partial charge in [0.2, 0.25) is 18.2 Å². The van der Waals surface area contributed by atoms with E-state index in [2.05, 4.69) is 10.8 Å². The van der Waals surface area contributed by atoms with Crippen molar-refractivity contribution in [2.45, 2.75) is 32.7 Å². The van der Waals surface area contributed by atoms with Crippen LogP contribution in [0.2, 0.25) is 10.0 Å². The van der Waals surface area contributed by atoms with Crippen LogP contribution in [-0.2, 0) is 26.2 Å². The lowest BCUT2D eigenvalue weighted by molar-refractivity contribution is -0.120. The molecule has 3 aromatic rings. The van der Waals surface area contributed by atoms with Crippen LogP contribution in [0.4, 0.5) is 16.2 Å². The van der Waals surface area contributed by atoms with Gasteiger partial charge in [-0.1, -0.05) is 53.5 Å². The first-order chi connectivity index (χ1) is 19.4. The minimum Gasteiger partial charge on any atom is -0.494 e. The maximum absolute atomic E-state index is 13.7. The molecule has 0 unspecified atom stereocenters. The summed E-state index contributed by atoms with van der Waals surface area (Å²) in [7, 11) is 0. The Labute approximate surface area is 248 Å². The first kappa shape index (κ1) is 29.8. The third kappa shape index (κ3) is 7.74. The molecule has 3 aromatic carbocycles. The van der Waals surface area contributed by atoms with Crippen LogP contribution in [0.3, 0.4) is 0 Å². The van der Waals surface area contributed by atoms with Gasteiger partial charge in [-0.3, -0.25) is 4.79 Å². The van der Waals surface area contributed by atoms with E-state index in [0.29, 0.717) is 65.6 Å². The van der Waals surface area contributed by atoms with E-state index in [9.17, 15) is 9.59 Å². The zero-order chi connectivity index (χ0) is 28.5. The number of hydroxylamine groups is 2. The average molecular weight is 606 g/mol. The van der Waals surface area contributed by atoms with Crippen LogP contribution < -0.4 is 25.5 Å². The first-order valence-electron chi connectivity index (χ1n) is 12.8. The monoisotopic (exact) mass is 604 g/mol. The second-order valence-electron chi connectivity index (χ2n) is 8.80. The van der Waals surface area contributed by atoms with E-state index < -0.39 is 12.1 Å². The summed E-state index contributed by atoms with van der Waals surface area (Å²) in [5.41, 5.74) is 5.52. The Balaban J connectivity index is 1.37. The maximum Gasteiger partial charge on any atom is 0.340 e. The van der Waals surface area contributed by atoms with Crippen LogP contribution in [0.5, 0.6) is 5.75 Å². The van der Waals surface area contributed by atoms with E-state index in [0.717, 1.165) is 11.1 Å². The number of urea groups is 1. The van der Waals surface area contributed by atoms with Crippen LogP contribution in [0.1, 0.15) is 25.0 Å². The Kier molecular flexibility index (Phi) is 10.8. The number of nitrogens with one attached hydrogen (secondary N) is 2. The van der Waals surface area contributed by atoms with Crippen molar-refractivity contribution in [3.63, 3.8) is 0 Å². The van der Waals surface area contributed by atoms with Crippen LogP contribution in [0.25, 0.3) is 0 Å². The van der Waals surface area contributed by atoms with Gasteiger partial charge in [0.05, 0.1) is 23.9 Å². The number of fused-ring (bicyclic) bond motifs is 1. The molecule has 4 rings (SSSR count). The smallest absolute Gasteiger partial charge is 0.340 e. The maximum atomic E-state index is 13.7. The predicted molar refractivity (Wildman–Crippen MR) is 159 cm³/mol. The normalized spacial score (nSPS) is 12.9. The summed E-state index contributed by atoms with van der Waals surface area (Å²) >= 11 is 12.9. The SMILES string of the molecule is CCOc1ccc(N(CC)C(=O)[C@H](Cc2ccccc2)NC(=O)NOSON2CCc3cc(Cl)cc(Cl)c32)cc1. The van der Waals surface area contributed by atoms with Crippen molar-refractivity contribution in [1.82, 2.24) is 10.8 Å². The van der Waals surface area contributed by atoms with E-state index in [4.69, 9.17) is 36.5 Å². The highest BCUT2D eigenvalue weighted by atomic mass is 35.5. The molecule has 1 heterocycles. The number of nitrogens with zero attached hydrogens (tertiary/aromatic N) is 2. The van der Waals surface area contributed by atoms with Gasteiger partial charge in [-0.15, -0.1) is 0 Å². The van der Waals surface area contributed by atoms with E-state index >= 15 is 0 Å². The number of amides is 3. The summed E-state index contributed by atoms with van der Waals surface area (Å²) in [5, 5.41) is 5.31. The van der Waals surface area contributed by atoms with Crippen molar-refractivity contribution in [2.24, 2.45) is 0 Å². The molecule has 9 nitrogen and oxygen atoms in total. The van der Waals surface area contributed by atoms with Gasteiger partial charge in [0.15, 0.2) is 0 Å². The van der Waals surface area contributed by atoms with Crippen molar-refractivity contribution < 1.29 is 22.9 Å². The quantitative estimate of drug-likeness (QED) is 0.146. The minimum atomic E-state index is -0.863. The number of hydrogen-bond donors (Lipinski definition) is 2. The number of rotatable bonds is 12. The summed E-state index contributed by atoms with van der Waals surface area (Å²) in [6.45, 7) is 5.29. The van der Waals surface area contributed by atoms with Gasteiger partial charge >= 0.3 is 6.03 Å². The summed E-state index contributed by atoms with van der Waals surface area (Å²) in [4.78, 5) is 28.0. The topological polar surface area (TPSA) is 92.4 Å². The predicted octanol–water partition coefficient (Wildman–Crippen LogP) is 6.14. The number of likely N-dealkylation sites (N-methyl/N-ethyl adjacent to an activating group) is 1. The number of hydrogen-bond acceptors (Lipinski definition) is 7. The Bertz CT molecular complexity index is 1300. The molecule has 0 aromatic heterocycles. The van der Waals surface area contributed by atoms with E-state index in [1.165, 1.54) is 0 Å². The number of halogens is 2. The standard InChI is InChI=1S/C28H30Cl2N4O5S/c1-3-33(22-10-12-23(13-11-22)37-4-2)27(35)25(16-19-8-6-5-7-9-19)31-28(36)32-38-40-39-34-15-14-20-17-21(29)18-24(30)26(20)34/h5-13,17-18,25H,3-4,14-16H2,1-2H3,(H2,31,32,36)/t25-/m0/s1. The second-order valence-corrected chi connectivity index (χ2v) is 10.1. The van der Waals surface area contributed by atoms with Gasteiger partial charge < -0.3 is 15.0 Å². The summed E-state index contributed by atoms with van der Waals surface area (Å²) < 4.78 is 16.2. The molecule has 0 saturated carbocycles. The lowest BCUT2D eigenvalue weighted by Gasteiger charge is -2.27. The minimum absolute atomic E-state index is 0.267. The molecule has 40 heavy (non-hydrogen) atoms. The fourth-order valence-corrected chi connectivity index (χ4v) is 5.38. The van der Waals surface area contributed by atoms with Crippen LogP contribution in [-0.4, -0.2) is 37.7 Å². The van der Waals surface area contributed by atoms with Crippen molar-refractivity contribution in [3.05, 3.63) is 87.9 Å². The fourth-order valence-electron chi connectivity index (χ4n) is 4.38. The first-order valence-corrected chi connectivity index (χ1v) is 14.2. The van der Waals surface area contributed by atoms with E-state index in [-0.39, 0.29) is 12.3 Å². The average Bonchev–Trinajstić information content (AvgIpc) is 3.35. The van der Waals surface area contributed by atoms with E-state index in [1.807, 2.05) is 74.5 Å². The summed E-state index contributed by atoms with van der Waals surface area (Å²) in [6.07, 6.45) is 0.992. The molecule has 0 aliphatic carbocycles. The molecule has 0 radical (unpaired) electrons. The van der Waals surface area contributed by atoms with Crippen molar-refractivity contribution in [1.29, 1.82) is 0 Å². The molecule has 0 fully saturated rings. The third-order valence-corrected chi connectivity index (χ3v) is 7.06. The lowest BCUT2D eigenvalue weighted by Crippen LogP contribution is -2.52. The highest BCUT2D eigenvalue weighted by molar-refractivity contribution is 7.89. The Morgan fingerprint density at radius 1 is 1.07 bits per heavy atom. The highest BCUT2D eigenvalue weighted by Crippen LogP contribution is 2.38. The summed E-state index contributed by atoms with van der Waals surface area (Å²) in [5.74, 6) is 0.449. The Morgan fingerprint density at radius 3 is 2.52 bits per heavy atom. The fraction of sp³-hybridized carbons (Fsp3) is 0.286. The Morgan fingerprint density at radius 2 is 1.82 bits per heavy atom. The van der Waals surface area contributed by atoms with Crippen LogP contribution in [0.15, 0.2) is 66.7 Å². The molecule has 0 spiro atoms. The van der Waals surface area contributed by atoms with Gasteiger partial charge in [-0.25, -0.2) is 15.3 Å². The molecule has 1 atom stereocenters. The number of benzene rings is 3. The number of anilines is 2. The van der Waals surface area contributed by atoms with Gasteiger partial charge in [-0.05, 0) is 67.8 Å². The molecule has 12 heteroatoms. The highest BCUT2D eigenvalue weighted by Gasteiger charge is 2.28.